The molecule has 0 radical (unpaired) electrons. The zero-order valence-electron chi connectivity index (χ0n) is 18.0. The first-order valence-electron chi connectivity index (χ1n) is 9.83. The lowest BCUT2D eigenvalue weighted by Gasteiger charge is -2.26. The van der Waals surface area contributed by atoms with E-state index >= 15 is 0 Å². The highest BCUT2D eigenvalue weighted by atomic mass is 35.5. The fraction of sp³-hybridized carbons (Fsp3) is 0.333. The van der Waals surface area contributed by atoms with E-state index in [4.69, 9.17) is 30.5 Å². The van der Waals surface area contributed by atoms with Crippen molar-refractivity contribution in [2.75, 3.05) is 52.4 Å². The van der Waals surface area contributed by atoms with E-state index in [0.29, 0.717) is 0 Å². The second kappa shape index (κ2) is 10.8. The van der Waals surface area contributed by atoms with Crippen LogP contribution in [0, 0.1) is 0 Å². The molecule has 2 aromatic rings. The highest BCUT2D eigenvalue weighted by Crippen LogP contribution is 2.30. The van der Waals surface area contributed by atoms with Crippen molar-refractivity contribution in [1.82, 2.24) is 4.31 Å². The van der Waals surface area contributed by atoms with Gasteiger partial charge in [-0.2, -0.15) is 4.31 Å². The van der Waals surface area contributed by atoms with Gasteiger partial charge in [0.15, 0.2) is 6.61 Å². The summed E-state index contributed by atoms with van der Waals surface area (Å²) in [6.45, 7) is 0.370. The number of rotatable bonds is 8. The van der Waals surface area contributed by atoms with Crippen LogP contribution in [0.3, 0.4) is 0 Å². The van der Waals surface area contributed by atoms with Crippen molar-refractivity contribution in [3.63, 3.8) is 0 Å². The monoisotopic (exact) mass is 498 g/mol. The summed E-state index contributed by atoms with van der Waals surface area (Å²) in [4.78, 5) is 24.7. The molecule has 1 saturated heterocycles. The number of carbonyl (C=O) groups is 2. The smallest absolute Gasteiger partial charge is 0.346 e. The van der Waals surface area contributed by atoms with Crippen LogP contribution in [0.1, 0.15) is 10.4 Å². The number of ether oxygens (including phenoxy) is 4. The second-order valence-electron chi connectivity index (χ2n) is 6.82. The molecule has 0 atom stereocenters. The number of carbonyl (C=O) groups excluding carboxylic acids is 2. The third-order valence-electron chi connectivity index (χ3n) is 4.77. The molecule has 12 heteroatoms. The molecule has 0 aliphatic carbocycles. The minimum atomic E-state index is -3.87. The van der Waals surface area contributed by atoms with E-state index < -0.39 is 28.5 Å². The van der Waals surface area contributed by atoms with Gasteiger partial charge >= 0.3 is 5.97 Å². The van der Waals surface area contributed by atoms with Crippen LogP contribution in [0.25, 0.3) is 0 Å². The Bertz CT molecular complexity index is 1110. The van der Waals surface area contributed by atoms with Crippen LogP contribution in [-0.4, -0.2) is 71.7 Å². The molecule has 10 nitrogen and oxygen atoms in total. The number of nitrogens with zero attached hydrogens (tertiary/aromatic N) is 1. The molecule has 1 N–H and O–H groups in total. The Morgan fingerprint density at radius 2 is 1.73 bits per heavy atom. The number of sulfonamides is 1. The van der Waals surface area contributed by atoms with E-state index in [1.54, 1.807) is 18.2 Å². The van der Waals surface area contributed by atoms with Crippen molar-refractivity contribution in [3.8, 4) is 11.5 Å². The van der Waals surface area contributed by atoms with Gasteiger partial charge in [0.2, 0.25) is 10.0 Å². The molecular weight excluding hydrogens is 476 g/mol. The van der Waals surface area contributed by atoms with Crippen molar-refractivity contribution in [2.45, 2.75) is 4.90 Å². The molecule has 1 aliphatic heterocycles. The molecule has 0 spiro atoms. The van der Waals surface area contributed by atoms with E-state index in [1.165, 1.54) is 36.7 Å². The third kappa shape index (κ3) is 5.74. The summed E-state index contributed by atoms with van der Waals surface area (Å²) in [5, 5.41) is 2.53. The van der Waals surface area contributed by atoms with Crippen LogP contribution < -0.4 is 14.8 Å². The number of benzene rings is 2. The maximum Gasteiger partial charge on any atom is 0.346 e. The van der Waals surface area contributed by atoms with Crippen LogP contribution in [0.15, 0.2) is 41.3 Å². The number of anilines is 1. The molecule has 0 aromatic heterocycles. The zero-order valence-corrected chi connectivity index (χ0v) is 19.6. The van der Waals surface area contributed by atoms with Gasteiger partial charge in [0.25, 0.3) is 5.91 Å². The summed E-state index contributed by atoms with van der Waals surface area (Å²) in [6, 6.07) is 8.84. The molecule has 2 aromatic carbocycles. The fourth-order valence-electron chi connectivity index (χ4n) is 3.16. The van der Waals surface area contributed by atoms with Crippen LogP contribution in [0.2, 0.25) is 5.02 Å². The summed E-state index contributed by atoms with van der Waals surface area (Å²) in [5.41, 5.74) is 0.225. The molecule has 0 unspecified atom stereocenters. The van der Waals surface area contributed by atoms with Crippen LogP contribution in [-0.2, 0) is 24.3 Å². The molecule has 3 rings (SSSR count). The average molecular weight is 499 g/mol. The summed E-state index contributed by atoms with van der Waals surface area (Å²) in [7, 11) is -1.09. The van der Waals surface area contributed by atoms with Gasteiger partial charge in [0.1, 0.15) is 22.0 Å². The van der Waals surface area contributed by atoms with Gasteiger partial charge in [0, 0.05) is 18.8 Å². The van der Waals surface area contributed by atoms with E-state index in [-0.39, 0.29) is 59.0 Å². The van der Waals surface area contributed by atoms with Gasteiger partial charge in [-0.15, -0.1) is 0 Å². The number of hydrogen-bond donors (Lipinski definition) is 1. The lowest BCUT2D eigenvalue weighted by Crippen LogP contribution is -2.40. The molecule has 178 valence electrons. The molecule has 0 bridgehead atoms. The van der Waals surface area contributed by atoms with E-state index in [1.807, 2.05) is 0 Å². The quantitative estimate of drug-likeness (QED) is 0.550. The minimum Gasteiger partial charge on any atom is -0.496 e. The molecule has 1 aliphatic rings. The van der Waals surface area contributed by atoms with Crippen molar-refractivity contribution in [2.24, 2.45) is 0 Å². The van der Waals surface area contributed by atoms with E-state index in [0.717, 1.165) is 0 Å². The van der Waals surface area contributed by atoms with Gasteiger partial charge in [-0.05, 0) is 30.3 Å². The van der Waals surface area contributed by atoms with Gasteiger partial charge in [-0.25, -0.2) is 13.2 Å². The molecule has 0 saturated carbocycles. The highest BCUT2D eigenvalue weighted by Gasteiger charge is 2.29. The van der Waals surface area contributed by atoms with Crippen LogP contribution in [0.5, 0.6) is 11.5 Å². The number of morpholine rings is 1. The zero-order chi connectivity index (χ0) is 24.0. The number of halogens is 1. The normalized spacial score (nSPS) is 14.4. The predicted molar refractivity (Wildman–Crippen MR) is 119 cm³/mol. The van der Waals surface area contributed by atoms with Gasteiger partial charge in [-0.3, -0.25) is 4.79 Å². The first-order valence-corrected chi connectivity index (χ1v) is 11.6. The minimum absolute atomic E-state index is 0.0224. The summed E-state index contributed by atoms with van der Waals surface area (Å²) < 4.78 is 47.7. The standard InChI is InChI=1S/C21H23ClN2O8S/c1-29-16-4-3-5-17(30-2)20(16)21(26)32-13-19(25)23-14-6-7-15(22)18(12-14)33(27,28)24-8-10-31-11-9-24/h3-7,12H,8-11,13H2,1-2H3,(H,23,25). The maximum absolute atomic E-state index is 12.9. The third-order valence-corrected chi connectivity index (χ3v) is 7.15. The Morgan fingerprint density at radius 3 is 2.33 bits per heavy atom. The Labute approximate surface area is 196 Å². The second-order valence-corrected chi connectivity index (χ2v) is 9.14. The molecule has 1 fully saturated rings. The first-order chi connectivity index (χ1) is 15.8. The predicted octanol–water partition coefficient (Wildman–Crippen LogP) is 2.17. The van der Waals surface area contributed by atoms with Gasteiger partial charge < -0.3 is 24.3 Å². The van der Waals surface area contributed by atoms with E-state index in [2.05, 4.69) is 5.32 Å². The highest BCUT2D eigenvalue weighted by molar-refractivity contribution is 7.89. The maximum atomic E-state index is 12.9. The lowest BCUT2D eigenvalue weighted by atomic mass is 10.2. The fourth-order valence-corrected chi connectivity index (χ4v) is 5.07. The lowest BCUT2D eigenvalue weighted by molar-refractivity contribution is -0.119. The number of nitrogens with one attached hydrogen (secondary N) is 1. The Morgan fingerprint density at radius 1 is 1.09 bits per heavy atom. The molecule has 1 heterocycles. The Hall–Kier alpha value is -2.86. The number of hydrogen-bond acceptors (Lipinski definition) is 8. The van der Waals surface area contributed by atoms with Gasteiger partial charge in [0.05, 0.1) is 32.5 Å². The van der Waals surface area contributed by atoms with Crippen molar-refractivity contribution in [1.29, 1.82) is 0 Å². The van der Waals surface area contributed by atoms with E-state index in [9.17, 15) is 18.0 Å². The number of amides is 1. The Balaban J connectivity index is 1.69. The molecule has 33 heavy (non-hydrogen) atoms. The van der Waals surface area contributed by atoms with Gasteiger partial charge in [-0.1, -0.05) is 17.7 Å². The Kier molecular flexibility index (Phi) is 8.14. The van der Waals surface area contributed by atoms with Crippen molar-refractivity contribution >= 4 is 39.2 Å². The van der Waals surface area contributed by atoms with Crippen molar-refractivity contribution in [3.05, 3.63) is 47.0 Å². The molecule has 1 amide bonds. The van der Waals surface area contributed by atoms with Crippen LogP contribution >= 0.6 is 11.6 Å². The summed E-state index contributed by atoms with van der Waals surface area (Å²) in [6.07, 6.45) is 0. The summed E-state index contributed by atoms with van der Waals surface area (Å²) in [5.74, 6) is -1.02. The van der Waals surface area contributed by atoms with Crippen LogP contribution in [0.4, 0.5) is 5.69 Å². The number of methoxy groups -OCH3 is 2. The SMILES string of the molecule is COc1cccc(OC)c1C(=O)OCC(=O)Nc1ccc(Cl)c(S(=O)(=O)N2CCOCC2)c1. The topological polar surface area (TPSA) is 120 Å². The average Bonchev–Trinajstić information content (AvgIpc) is 2.83. The number of esters is 1. The molecular formula is C21H23ClN2O8S. The first kappa shape index (κ1) is 24.8. The summed E-state index contributed by atoms with van der Waals surface area (Å²) >= 11 is 6.12. The van der Waals surface area contributed by atoms with Crippen molar-refractivity contribution < 1.29 is 37.0 Å². The largest absolute Gasteiger partial charge is 0.496 e.